The third-order valence-corrected chi connectivity index (χ3v) is 3.82. The van der Waals surface area contributed by atoms with E-state index in [0.717, 1.165) is 11.1 Å². The minimum absolute atomic E-state index is 0.0332. The second kappa shape index (κ2) is 7.32. The number of anilines is 1. The molecule has 116 valence electrons. The fraction of sp³-hybridized carbons (Fsp3) is 0.111. The minimum atomic E-state index is -0.481. The lowest BCUT2D eigenvalue weighted by molar-refractivity contribution is -0.112. The number of benzene rings is 2. The van der Waals surface area contributed by atoms with Gasteiger partial charge in [-0.1, -0.05) is 47.0 Å². The number of rotatable bonds is 3. The highest BCUT2D eigenvalue weighted by molar-refractivity contribution is 6.35. The lowest BCUT2D eigenvalue weighted by Crippen LogP contribution is -2.14. The van der Waals surface area contributed by atoms with E-state index in [0.29, 0.717) is 21.3 Å². The third-order valence-electron chi connectivity index (χ3n) is 3.26. The maximum absolute atomic E-state index is 12.3. The maximum atomic E-state index is 12.3. The van der Waals surface area contributed by atoms with E-state index in [4.69, 9.17) is 23.2 Å². The van der Waals surface area contributed by atoms with Gasteiger partial charge in [-0.15, -0.1) is 0 Å². The standard InChI is InChI=1S/C18H14Cl2N2O/c1-11-3-6-17(12(2)7-11)22-18(23)14(10-21)8-13-4-5-15(19)9-16(13)20/h3-9H,1-2H3,(H,22,23)/b14-8-. The van der Waals surface area contributed by atoms with Crippen molar-refractivity contribution >= 4 is 40.9 Å². The number of carbonyl (C=O) groups excluding carboxylic acids is 1. The summed E-state index contributed by atoms with van der Waals surface area (Å²) in [5.41, 5.74) is 3.23. The van der Waals surface area contributed by atoms with Crippen molar-refractivity contribution in [1.82, 2.24) is 0 Å². The molecule has 5 heteroatoms. The fourth-order valence-corrected chi connectivity index (χ4v) is 2.53. The Morgan fingerprint density at radius 1 is 1.17 bits per heavy atom. The maximum Gasteiger partial charge on any atom is 0.266 e. The first-order valence-electron chi connectivity index (χ1n) is 6.86. The van der Waals surface area contributed by atoms with Crippen LogP contribution in [0.5, 0.6) is 0 Å². The van der Waals surface area contributed by atoms with E-state index < -0.39 is 5.91 Å². The van der Waals surface area contributed by atoms with Crippen LogP contribution in [0, 0.1) is 25.2 Å². The van der Waals surface area contributed by atoms with Crippen molar-refractivity contribution in [2.75, 3.05) is 5.32 Å². The summed E-state index contributed by atoms with van der Waals surface area (Å²) in [6.07, 6.45) is 1.44. The lowest BCUT2D eigenvalue weighted by Gasteiger charge is -2.08. The number of amides is 1. The van der Waals surface area contributed by atoms with Crippen LogP contribution in [0.15, 0.2) is 42.0 Å². The zero-order valence-corrected chi connectivity index (χ0v) is 14.2. The molecule has 2 aromatic carbocycles. The van der Waals surface area contributed by atoms with Gasteiger partial charge in [0, 0.05) is 15.7 Å². The molecule has 23 heavy (non-hydrogen) atoms. The van der Waals surface area contributed by atoms with Gasteiger partial charge in [-0.3, -0.25) is 4.79 Å². The molecule has 1 N–H and O–H groups in total. The number of carbonyl (C=O) groups is 1. The molecular formula is C18H14Cl2N2O. The Bertz CT molecular complexity index is 835. The summed E-state index contributed by atoms with van der Waals surface area (Å²) in [6, 6.07) is 12.4. The zero-order valence-electron chi connectivity index (χ0n) is 12.7. The zero-order chi connectivity index (χ0) is 17.0. The minimum Gasteiger partial charge on any atom is -0.321 e. The average Bonchev–Trinajstić information content (AvgIpc) is 2.49. The topological polar surface area (TPSA) is 52.9 Å². The predicted octanol–water partition coefficient (Wildman–Crippen LogP) is 5.16. The molecule has 1 amide bonds. The van der Waals surface area contributed by atoms with Crippen LogP contribution in [-0.2, 0) is 4.79 Å². The number of nitrogens with one attached hydrogen (secondary N) is 1. The molecule has 0 unspecified atom stereocenters. The Hall–Kier alpha value is -2.28. The largest absolute Gasteiger partial charge is 0.321 e. The molecule has 0 aliphatic carbocycles. The third kappa shape index (κ3) is 4.35. The Labute approximate surface area is 145 Å². The highest BCUT2D eigenvalue weighted by atomic mass is 35.5. The first-order chi connectivity index (χ1) is 10.9. The van der Waals surface area contributed by atoms with E-state index >= 15 is 0 Å². The van der Waals surface area contributed by atoms with Crippen molar-refractivity contribution in [2.24, 2.45) is 0 Å². The van der Waals surface area contributed by atoms with E-state index in [9.17, 15) is 10.1 Å². The Kier molecular flexibility index (Phi) is 5.44. The predicted molar refractivity (Wildman–Crippen MR) is 94.6 cm³/mol. The van der Waals surface area contributed by atoms with Gasteiger partial charge in [-0.25, -0.2) is 0 Å². The van der Waals surface area contributed by atoms with Crippen LogP contribution >= 0.6 is 23.2 Å². The van der Waals surface area contributed by atoms with Crippen molar-refractivity contribution in [2.45, 2.75) is 13.8 Å². The Morgan fingerprint density at radius 3 is 2.52 bits per heavy atom. The second-order valence-corrected chi connectivity index (χ2v) is 5.95. The molecule has 0 radical (unpaired) electrons. The van der Waals surface area contributed by atoms with Gasteiger partial charge in [0.05, 0.1) is 0 Å². The molecule has 0 fully saturated rings. The Balaban J connectivity index is 2.28. The van der Waals surface area contributed by atoms with E-state index in [-0.39, 0.29) is 5.57 Å². The van der Waals surface area contributed by atoms with E-state index in [1.165, 1.54) is 6.08 Å². The van der Waals surface area contributed by atoms with Crippen LogP contribution in [0.1, 0.15) is 16.7 Å². The number of nitrogens with zero attached hydrogens (tertiary/aromatic N) is 1. The molecule has 0 heterocycles. The lowest BCUT2D eigenvalue weighted by atomic mass is 10.1. The highest BCUT2D eigenvalue weighted by Crippen LogP contribution is 2.23. The number of hydrogen-bond donors (Lipinski definition) is 1. The molecule has 0 bridgehead atoms. The Morgan fingerprint density at radius 2 is 1.91 bits per heavy atom. The van der Waals surface area contributed by atoms with Gasteiger partial charge in [0.1, 0.15) is 11.6 Å². The molecule has 0 saturated heterocycles. The molecule has 0 saturated carbocycles. The summed E-state index contributed by atoms with van der Waals surface area (Å²) in [5, 5.41) is 12.9. The molecule has 2 rings (SSSR count). The van der Waals surface area contributed by atoms with E-state index in [1.807, 2.05) is 38.1 Å². The van der Waals surface area contributed by atoms with Crippen LogP contribution in [0.3, 0.4) is 0 Å². The van der Waals surface area contributed by atoms with E-state index in [1.54, 1.807) is 18.2 Å². The first kappa shape index (κ1) is 17.1. The highest BCUT2D eigenvalue weighted by Gasteiger charge is 2.12. The summed E-state index contributed by atoms with van der Waals surface area (Å²) >= 11 is 11.9. The van der Waals surface area contributed by atoms with Crippen LogP contribution in [0.25, 0.3) is 6.08 Å². The number of nitriles is 1. The molecule has 0 aliphatic heterocycles. The monoisotopic (exact) mass is 344 g/mol. The molecule has 2 aromatic rings. The van der Waals surface area contributed by atoms with Gasteiger partial charge in [-0.2, -0.15) is 5.26 Å². The fourth-order valence-electron chi connectivity index (χ4n) is 2.07. The molecular weight excluding hydrogens is 331 g/mol. The van der Waals surface area contributed by atoms with Crippen LogP contribution in [0.4, 0.5) is 5.69 Å². The average molecular weight is 345 g/mol. The molecule has 0 atom stereocenters. The summed E-state index contributed by atoms with van der Waals surface area (Å²) < 4.78 is 0. The van der Waals surface area contributed by atoms with Gasteiger partial charge in [0.15, 0.2) is 0 Å². The molecule has 0 aliphatic rings. The molecule has 0 spiro atoms. The van der Waals surface area contributed by atoms with Gasteiger partial charge in [0.2, 0.25) is 0 Å². The summed E-state index contributed by atoms with van der Waals surface area (Å²) in [7, 11) is 0. The normalized spacial score (nSPS) is 11.0. The van der Waals surface area contributed by atoms with Crippen molar-refractivity contribution in [1.29, 1.82) is 5.26 Å². The van der Waals surface area contributed by atoms with Crippen LogP contribution in [0.2, 0.25) is 10.0 Å². The summed E-state index contributed by atoms with van der Waals surface area (Å²) in [4.78, 5) is 12.3. The van der Waals surface area contributed by atoms with Gasteiger partial charge in [-0.05, 0) is 49.2 Å². The number of halogens is 2. The van der Waals surface area contributed by atoms with Crippen molar-refractivity contribution in [3.8, 4) is 6.07 Å². The molecule has 3 nitrogen and oxygen atoms in total. The smallest absolute Gasteiger partial charge is 0.266 e. The van der Waals surface area contributed by atoms with Crippen LogP contribution < -0.4 is 5.32 Å². The number of aryl methyl sites for hydroxylation is 2. The molecule has 0 aromatic heterocycles. The SMILES string of the molecule is Cc1ccc(NC(=O)/C(C#N)=C\c2ccc(Cl)cc2Cl)c(C)c1. The van der Waals surface area contributed by atoms with Crippen molar-refractivity contribution in [3.63, 3.8) is 0 Å². The second-order valence-electron chi connectivity index (χ2n) is 5.11. The van der Waals surface area contributed by atoms with Crippen LogP contribution in [-0.4, -0.2) is 5.91 Å². The first-order valence-corrected chi connectivity index (χ1v) is 7.62. The number of hydrogen-bond acceptors (Lipinski definition) is 2. The quantitative estimate of drug-likeness (QED) is 0.617. The van der Waals surface area contributed by atoms with Gasteiger partial charge in [0.25, 0.3) is 5.91 Å². The van der Waals surface area contributed by atoms with Crippen molar-refractivity contribution in [3.05, 3.63) is 68.7 Å². The van der Waals surface area contributed by atoms with E-state index in [2.05, 4.69) is 5.32 Å². The van der Waals surface area contributed by atoms with Crippen molar-refractivity contribution < 1.29 is 4.79 Å². The summed E-state index contributed by atoms with van der Waals surface area (Å²) in [6.45, 7) is 3.87. The van der Waals surface area contributed by atoms with Gasteiger partial charge < -0.3 is 5.32 Å². The van der Waals surface area contributed by atoms with Gasteiger partial charge >= 0.3 is 0 Å². The summed E-state index contributed by atoms with van der Waals surface area (Å²) in [5.74, 6) is -0.481.